The van der Waals surface area contributed by atoms with Gasteiger partial charge in [-0.15, -0.1) is 0 Å². The number of nitrogens with zero attached hydrogens (tertiary/aromatic N) is 1. The van der Waals surface area contributed by atoms with E-state index in [1.54, 1.807) is 36.4 Å². The van der Waals surface area contributed by atoms with Crippen LogP contribution in [0.3, 0.4) is 0 Å². The number of ether oxygens (including phenoxy) is 1. The van der Waals surface area contributed by atoms with Gasteiger partial charge in [-0.05, 0) is 42.5 Å². The average molecular weight is 520 g/mol. The molecule has 1 aromatic heterocycles. The summed E-state index contributed by atoms with van der Waals surface area (Å²) in [5, 5.41) is 5.16. The van der Waals surface area contributed by atoms with E-state index in [2.05, 4.69) is 10.3 Å². The lowest BCUT2D eigenvalue weighted by molar-refractivity contribution is -0.114. The fourth-order valence-electron chi connectivity index (χ4n) is 4.17. The molecule has 0 aliphatic heterocycles. The lowest BCUT2D eigenvalue weighted by Gasteiger charge is -2.26. The number of carbonyl (C=O) groups is 1. The minimum Gasteiger partial charge on any atom is -0.495 e. The monoisotopic (exact) mass is 519 g/mol. The number of halogens is 1. The number of methoxy groups -OCH3 is 1. The number of sulfonamides is 1. The Kier molecular flexibility index (Phi) is 6.30. The van der Waals surface area contributed by atoms with Gasteiger partial charge in [0.05, 0.1) is 28.9 Å². The van der Waals surface area contributed by atoms with Gasteiger partial charge in [-0.1, -0.05) is 60.1 Å². The molecule has 0 saturated heterocycles. The molecule has 36 heavy (non-hydrogen) atoms. The highest BCUT2D eigenvalue weighted by molar-refractivity contribution is 7.92. The van der Waals surface area contributed by atoms with Gasteiger partial charge in [0.25, 0.3) is 10.0 Å². The number of aromatic nitrogens is 1. The Labute approximate surface area is 213 Å². The molecule has 0 radical (unpaired) electrons. The molecule has 0 spiro atoms. The average Bonchev–Trinajstić information content (AvgIpc) is 3.27. The van der Waals surface area contributed by atoms with Crippen LogP contribution in [-0.4, -0.2) is 33.0 Å². The molecule has 0 aliphatic rings. The van der Waals surface area contributed by atoms with E-state index >= 15 is 0 Å². The number of rotatable bonds is 7. The summed E-state index contributed by atoms with van der Waals surface area (Å²) in [6, 6.07) is 26.0. The number of para-hydroxylation sites is 2. The third-order valence-electron chi connectivity index (χ3n) is 5.84. The lowest BCUT2D eigenvalue weighted by atomic mass is 10.1. The second kappa shape index (κ2) is 9.56. The molecule has 0 bridgehead atoms. The van der Waals surface area contributed by atoms with Crippen LogP contribution in [0, 0.1) is 0 Å². The van der Waals surface area contributed by atoms with Gasteiger partial charge in [0.15, 0.2) is 0 Å². The fourth-order valence-corrected chi connectivity index (χ4v) is 5.79. The summed E-state index contributed by atoms with van der Waals surface area (Å²) in [6.07, 6.45) is 0. The van der Waals surface area contributed by atoms with Gasteiger partial charge >= 0.3 is 0 Å². The van der Waals surface area contributed by atoms with E-state index in [1.807, 2.05) is 36.4 Å². The first kappa shape index (κ1) is 23.7. The van der Waals surface area contributed by atoms with Crippen LogP contribution in [0.2, 0.25) is 5.02 Å². The summed E-state index contributed by atoms with van der Waals surface area (Å²) in [7, 11) is -2.70. The second-order valence-electron chi connectivity index (χ2n) is 8.09. The predicted octanol–water partition coefficient (Wildman–Crippen LogP) is 5.82. The summed E-state index contributed by atoms with van der Waals surface area (Å²) in [6.45, 7) is -0.495. The lowest BCUT2D eigenvalue weighted by Crippen LogP contribution is -2.38. The molecule has 7 nitrogen and oxygen atoms in total. The van der Waals surface area contributed by atoms with E-state index in [-0.39, 0.29) is 16.3 Å². The van der Waals surface area contributed by atoms with E-state index in [9.17, 15) is 13.2 Å². The van der Waals surface area contributed by atoms with E-state index in [0.717, 1.165) is 26.1 Å². The zero-order valence-electron chi connectivity index (χ0n) is 19.2. The van der Waals surface area contributed by atoms with Gasteiger partial charge < -0.3 is 15.0 Å². The van der Waals surface area contributed by atoms with E-state index in [4.69, 9.17) is 16.3 Å². The zero-order valence-corrected chi connectivity index (χ0v) is 20.8. The third kappa shape index (κ3) is 4.36. The number of hydrogen-bond donors (Lipinski definition) is 2. The molecule has 0 unspecified atom stereocenters. The molecule has 0 saturated carbocycles. The Morgan fingerprint density at radius 3 is 2.44 bits per heavy atom. The van der Waals surface area contributed by atoms with Crippen LogP contribution in [0.15, 0.2) is 95.9 Å². The molecule has 0 atom stereocenters. The van der Waals surface area contributed by atoms with Gasteiger partial charge in [-0.3, -0.25) is 9.10 Å². The normalized spacial score (nSPS) is 11.5. The Morgan fingerprint density at radius 2 is 1.67 bits per heavy atom. The Hall–Kier alpha value is -4.01. The summed E-state index contributed by atoms with van der Waals surface area (Å²) in [4.78, 5) is 16.7. The topological polar surface area (TPSA) is 91.5 Å². The first-order valence-corrected chi connectivity index (χ1v) is 12.9. The van der Waals surface area contributed by atoms with Crippen molar-refractivity contribution in [2.24, 2.45) is 0 Å². The molecule has 5 rings (SSSR count). The molecule has 182 valence electrons. The van der Waals surface area contributed by atoms with Gasteiger partial charge in [0, 0.05) is 21.3 Å². The van der Waals surface area contributed by atoms with Crippen LogP contribution in [0.25, 0.3) is 21.8 Å². The SMILES string of the molecule is COc1ccc(Cl)cc1N(CC(=O)Nc1cccc2c1[nH]c1ccccc12)S(=O)(=O)c1ccccc1. The predicted molar refractivity (Wildman–Crippen MR) is 143 cm³/mol. The molecule has 1 amide bonds. The van der Waals surface area contributed by atoms with E-state index in [0.29, 0.717) is 10.7 Å². The summed E-state index contributed by atoms with van der Waals surface area (Å²) in [5.74, 6) is -0.257. The van der Waals surface area contributed by atoms with Crippen molar-refractivity contribution in [1.29, 1.82) is 0 Å². The molecule has 0 aliphatic carbocycles. The fraction of sp³-hybridized carbons (Fsp3) is 0.0741. The van der Waals surface area contributed by atoms with Crippen LogP contribution in [0.5, 0.6) is 5.75 Å². The third-order valence-corrected chi connectivity index (χ3v) is 7.85. The highest BCUT2D eigenvalue weighted by atomic mass is 35.5. The summed E-state index contributed by atoms with van der Waals surface area (Å²) >= 11 is 6.20. The van der Waals surface area contributed by atoms with Crippen LogP contribution < -0.4 is 14.4 Å². The van der Waals surface area contributed by atoms with Gasteiger partial charge in [0.2, 0.25) is 5.91 Å². The number of aromatic amines is 1. The highest BCUT2D eigenvalue weighted by Gasteiger charge is 2.30. The maximum Gasteiger partial charge on any atom is 0.264 e. The maximum absolute atomic E-state index is 13.7. The van der Waals surface area contributed by atoms with Crippen molar-refractivity contribution < 1.29 is 17.9 Å². The summed E-state index contributed by atoms with van der Waals surface area (Å²) < 4.78 is 33.8. The van der Waals surface area contributed by atoms with Crippen molar-refractivity contribution in [1.82, 2.24) is 4.98 Å². The van der Waals surface area contributed by atoms with E-state index in [1.165, 1.54) is 25.3 Å². The van der Waals surface area contributed by atoms with Crippen LogP contribution >= 0.6 is 11.6 Å². The first-order chi connectivity index (χ1) is 17.4. The molecule has 5 aromatic rings. The standard InChI is InChI=1S/C27H22ClN3O4S/c1-35-25-15-14-18(28)16-24(25)31(36(33,34)19-8-3-2-4-9-19)17-26(32)29-23-13-7-11-21-20-10-5-6-12-22(20)30-27(21)23/h2-16,30H,17H2,1H3,(H,29,32). The molecular weight excluding hydrogens is 498 g/mol. The number of hydrogen-bond acceptors (Lipinski definition) is 4. The van der Waals surface area contributed by atoms with Gasteiger partial charge in [-0.25, -0.2) is 8.42 Å². The zero-order chi connectivity index (χ0) is 25.3. The number of carbonyl (C=O) groups excluding carboxylic acids is 1. The number of anilines is 2. The Balaban J connectivity index is 1.54. The minimum atomic E-state index is -4.13. The Morgan fingerprint density at radius 1 is 0.944 bits per heavy atom. The molecule has 0 fully saturated rings. The van der Waals surface area contributed by atoms with Crippen molar-refractivity contribution in [3.63, 3.8) is 0 Å². The van der Waals surface area contributed by atoms with Gasteiger partial charge in [-0.2, -0.15) is 0 Å². The smallest absolute Gasteiger partial charge is 0.264 e. The number of fused-ring (bicyclic) bond motifs is 3. The minimum absolute atomic E-state index is 0.0394. The quantitative estimate of drug-likeness (QED) is 0.283. The van der Waals surface area contributed by atoms with E-state index < -0.39 is 22.5 Å². The van der Waals surface area contributed by atoms with Crippen LogP contribution in [0.4, 0.5) is 11.4 Å². The first-order valence-electron chi connectivity index (χ1n) is 11.1. The number of H-pyrrole nitrogens is 1. The van der Waals surface area contributed by atoms with Gasteiger partial charge in [0.1, 0.15) is 12.3 Å². The number of benzene rings is 4. The molecule has 9 heteroatoms. The largest absolute Gasteiger partial charge is 0.495 e. The Bertz CT molecular complexity index is 1680. The maximum atomic E-state index is 13.7. The second-order valence-corrected chi connectivity index (χ2v) is 10.4. The van der Waals surface area contributed by atoms with Crippen LogP contribution in [-0.2, 0) is 14.8 Å². The van der Waals surface area contributed by atoms with Crippen molar-refractivity contribution >= 4 is 60.7 Å². The molecule has 1 heterocycles. The van der Waals surface area contributed by atoms with Crippen molar-refractivity contribution in [3.05, 3.63) is 96.0 Å². The molecule has 4 aromatic carbocycles. The van der Waals surface area contributed by atoms with Crippen molar-refractivity contribution in [3.8, 4) is 5.75 Å². The highest BCUT2D eigenvalue weighted by Crippen LogP contribution is 2.35. The number of nitrogens with one attached hydrogen (secondary N) is 2. The number of amides is 1. The molecule has 2 N–H and O–H groups in total. The van der Waals surface area contributed by atoms with Crippen molar-refractivity contribution in [2.75, 3.05) is 23.3 Å². The molecular formula is C27H22ClN3O4S. The van der Waals surface area contributed by atoms with Crippen LogP contribution in [0.1, 0.15) is 0 Å². The van der Waals surface area contributed by atoms with Crippen molar-refractivity contribution in [2.45, 2.75) is 4.90 Å². The summed E-state index contributed by atoms with van der Waals surface area (Å²) in [5.41, 5.74) is 2.40.